The van der Waals surface area contributed by atoms with E-state index in [0.29, 0.717) is 0 Å². The normalized spacial score (nSPS) is 11.0. The van der Waals surface area contributed by atoms with Gasteiger partial charge in [-0.1, -0.05) is 42.0 Å². The van der Waals surface area contributed by atoms with Gasteiger partial charge in [0.2, 0.25) is 0 Å². The quantitative estimate of drug-likeness (QED) is 0.709. The maximum atomic E-state index is 2.17. The van der Waals surface area contributed by atoms with Crippen molar-refractivity contribution in [3.63, 3.8) is 0 Å². The fourth-order valence-corrected chi connectivity index (χ4v) is 1.48. The Morgan fingerprint density at radius 1 is 1.07 bits per heavy atom. The molecule has 2 rings (SSSR count). The van der Waals surface area contributed by atoms with Gasteiger partial charge in [0.25, 0.3) is 0 Å². The third-order valence-corrected chi connectivity index (χ3v) is 2.37. The van der Waals surface area contributed by atoms with Crippen molar-refractivity contribution >= 4 is 6.08 Å². The molecule has 1 aromatic carbocycles. The summed E-state index contributed by atoms with van der Waals surface area (Å²) in [4.78, 5) is 0. The van der Waals surface area contributed by atoms with E-state index in [1.54, 1.807) is 0 Å². The van der Waals surface area contributed by atoms with Crippen molar-refractivity contribution in [2.75, 3.05) is 0 Å². The molecule has 1 heterocycles. The molecule has 0 aliphatic rings. The van der Waals surface area contributed by atoms with E-state index in [9.17, 15) is 0 Å². The Morgan fingerprint density at radius 2 is 1.73 bits per heavy atom. The van der Waals surface area contributed by atoms with Crippen molar-refractivity contribution in [3.05, 3.63) is 66.0 Å². The lowest BCUT2D eigenvalue weighted by atomic mass is 10.1. The molecule has 15 heavy (non-hydrogen) atoms. The lowest BCUT2D eigenvalue weighted by molar-refractivity contribution is 0.833. The molecule has 0 spiro atoms. The highest BCUT2D eigenvalue weighted by molar-refractivity contribution is 5.49. The van der Waals surface area contributed by atoms with Crippen LogP contribution in [-0.2, 0) is 6.54 Å². The topological polar surface area (TPSA) is 4.93 Å². The monoisotopic (exact) mass is 197 g/mol. The first-order valence-corrected chi connectivity index (χ1v) is 5.18. The molecule has 0 N–H and O–H groups in total. The summed E-state index contributed by atoms with van der Waals surface area (Å²) in [5.41, 5.74) is 2.56. The van der Waals surface area contributed by atoms with E-state index in [1.165, 1.54) is 11.1 Å². The number of aryl methyl sites for hydroxylation is 1. The Labute approximate surface area is 90.7 Å². The summed E-state index contributed by atoms with van der Waals surface area (Å²) in [6.45, 7) is 3.04. The predicted octanol–water partition coefficient (Wildman–Crippen LogP) is 3.51. The SMILES string of the molecule is Cc1ccc(C=CCn2cccc2)cc1. The molecule has 0 bridgehead atoms. The molecule has 0 unspecified atom stereocenters. The van der Waals surface area contributed by atoms with Gasteiger partial charge in [0.15, 0.2) is 0 Å². The minimum Gasteiger partial charge on any atom is -0.350 e. The second-order valence-electron chi connectivity index (χ2n) is 3.69. The fraction of sp³-hybridized carbons (Fsp3) is 0.143. The summed E-state index contributed by atoms with van der Waals surface area (Å²) in [5, 5.41) is 0. The average Bonchev–Trinajstić information content (AvgIpc) is 2.74. The summed E-state index contributed by atoms with van der Waals surface area (Å²) in [6.07, 6.45) is 8.46. The molecule has 0 saturated heterocycles. The second kappa shape index (κ2) is 4.65. The van der Waals surface area contributed by atoms with Crippen LogP contribution in [0.5, 0.6) is 0 Å². The Bertz CT molecular complexity index is 421. The van der Waals surface area contributed by atoms with Gasteiger partial charge in [0.1, 0.15) is 0 Å². The maximum absolute atomic E-state index is 2.17. The van der Waals surface area contributed by atoms with Gasteiger partial charge in [-0.25, -0.2) is 0 Å². The molecule has 0 atom stereocenters. The number of rotatable bonds is 3. The first-order valence-electron chi connectivity index (χ1n) is 5.18. The van der Waals surface area contributed by atoms with Gasteiger partial charge in [-0.3, -0.25) is 0 Å². The molecule has 76 valence electrons. The van der Waals surface area contributed by atoms with Crippen molar-refractivity contribution in [1.82, 2.24) is 4.57 Å². The summed E-state index contributed by atoms with van der Waals surface area (Å²) >= 11 is 0. The Kier molecular flexibility index (Phi) is 3.03. The van der Waals surface area contributed by atoms with Crippen LogP contribution in [0.1, 0.15) is 11.1 Å². The maximum Gasteiger partial charge on any atom is 0.0403 e. The zero-order chi connectivity index (χ0) is 10.5. The smallest absolute Gasteiger partial charge is 0.0403 e. The molecular weight excluding hydrogens is 182 g/mol. The van der Waals surface area contributed by atoms with E-state index in [1.807, 2.05) is 12.1 Å². The van der Waals surface area contributed by atoms with Crippen molar-refractivity contribution in [3.8, 4) is 0 Å². The molecule has 2 aromatic rings. The van der Waals surface area contributed by atoms with Crippen LogP contribution in [0.15, 0.2) is 54.9 Å². The fourth-order valence-electron chi connectivity index (χ4n) is 1.48. The second-order valence-corrected chi connectivity index (χ2v) is 3.69. The minimum absolute atomic E-state index is 0.931. The van der Waals surface area contributed by atoms with Gasteiger partial charge in [-0.05, 0) is 24.6 Å². The van der Waals surface area contributed by atoms with E-state index in [2.05, 4.69) is 60.3 Å². The number of hydrogen-bond donors (Lipinski definition) is 0. The van der Waals surface area contributed by atoms with Crippen LogP contribution in [0, 0.1) is 6.92 Å². The number of aromatic nitrogens is 1. The minimum atomic E-state index is 0.931. The number of hydrogen-bond acceptors (Lipinski definition) is 0. The summed E-state index contributed by atoms with van der Waals surface area (Å²) < 4.78 is 2.14. The Hall–Kier alpha value is -1.76. The van der Waals surface area contributed by atoms with Gasteiger partial charge in [-0.2, -0.15) is 0 Å². The lowest BCUT2D eigenvalue weighted by Crippen LogP contribution is -1.88. The third kappa shape index (κ3) is 2.84. The van der Waals surface area contributed by atoms with E-state index in [-0.39, 0.29) is 0 Å². The molecule has 0 radical (unpaired) electrons. The number of benzene rings is 1. The first kappa shape index (κ1) is 9.78. The highest BCUT2D eigenvalue weighted by Crippen LogP contribution is 2.05. The van der Waals surface area contributed by atoms with E-state index in [4.69, 9.17) is 0 Å². The molecule has 0 amide bonds. The summed E-state index contributed by atoms with van der Waals surface area (Å²) in [6, 6.07) is 12.6. The van der Waals surface area contributed by atoms with Gasteiger partial charge < -0.3 is 4.57 Å². The average molecular weight is 197 g/mol. The molecule has 1 aromatic heterocycles. The van der Waals surface area contributed by atoms with E-state index >= 15 is 0 Å². The van der Waals surface area contributed by atoms with E-state index < -0.39 is 0 Å². The van der Waals surface area contributed by atoms with Gasteiger partial charge >= 0.3 is 0 Å². The van der Waals surface area contributed by atoms with Crippen molar-refractivity contribution < 1.29 is 0 Å². The highest BCUT2D eigenvalue weighted by Gasteiger charge is 1.86. The summed E-state index contributed by atoms with van der Waals surface area (Å²) in [7, 11) is 0. The zero-order valence-corrected chi connectivity index (χ0v) is 8.93. The zero-order valence-electron chi connectivity index (χ0n) is 8.93. The largest absolute Gasteiger partial charge is 0.350 e. The Balaban J connectivity index is 1.97. The van der Waals surface area contributed by atoms with Crippen LogP contribution in [0.4, 0.5) is 0 Å². The van der Waals surface area contributed by atoms with Crippen molar-refractivity contribution in [2.24, 2.45) is 0 Å². The van der Waals surface area contributed by atoms with E-state index in [0.717, 1.165) is 6.54 Å². The highest BCUT2D eigenvalue weighted by atomic mass is 14.9. The van der Waals surface area contributed by atoms with Crippen molar-refractivity contribution in [1.29, 1.82) is 0 Å². The van der Waals surface area contributed by atoms with Crippen LogP contribution in [-0.4, -0.2) is 4.57 Å². The Morgan fingerprint density at radius 3 is 2.40 bits per heavy atom. The van der Waals surface area contributed by atoms with Crippen LogP contribution in [0.2, 0.25) is 0 Å². The molecule has 1 heteroatoms. The van der Waals surface area contributed by atoms with Crippen LogP contribution in [0.25, 0.3) is 6.08 Å². The van der Waals surface area contributed by atoms with Crippen molar-refractivity contribution in [2.45, 2.75) is 13.5 Å². The lowest BCUT2D eigenvalue weighted by Gasteiger charge is -1.97. The molecule has 0 aliphatic heterocycles. The van der Waals surface area contributed by atoms with Gasteiger partial charge in [-0.15, -0.1) is 0 Å². The number of allylic oxidation sites excluding steroid dienone is 1. The number of nitrogens with zero attached hydrogens (tertiary/aromatic N) is 1. The standard InChI is InChI=1S/C14H15N/c1-13-6-8-14(9-7-13)5-4-12-15-10-2-3-11-15/h2-11H,12H2,1H3. The molecular formula is C14H15N. The summed E-state index contributed by atoms with van der Waals surface area (Å²) in [5.74, 6) is 0. The predicted molar refractivity (Wildman–Crippen MR) is 64.6 cm³/mol. The van der Waals surface area contributed by atoms with Gasteiger partial charge in [0, 0.05) is 18.9 Å². The molecule has 0 fully saturated rings. The molecule has 0 aliphatic carbocycles. The van der Waals surface area contributed by atoms with Crippen LogP contribution in [0.3, 0.4) is 0 Å². The molecule has 0 saturated carbocycles. The van der Waals surface area contributed by atoms with Crippen LogP contribution < -0.4 is 0 Å². The van der Waals surface area contributed by atoms with Gasteiger partial charge in [0.05, 0.1) is 0 Å². The third-order valence-electron chi connectivity index (χ3n) is 2.37. The van der Waals surface area contributed by atoms with Crippen LogP contribution >= 0.6 is 0 Å². The molecule has 1 nitrogen and oxygen atoms in total. The first-order chi connectivity index (χ1) is 7.34.